The highest BCUT2D eigenvalue weighted by atomic mass is 16.3. The molecular weight excluding hydrogens is 360 g/mol. The highest BCUT2D eigenvalue weighted by Gasteiger charge is 2.67. The number of carbonyl (C=O) groups excluding carboxylic acids is 2. The van der Waals surface area contributed by atoms with Crippen molar-refractivity contribution in [2.45, 2.75) is 66.2 Å². The Morgan fingerprint density at radius 1 is 1.07 bits per heavy atom. The summed E-state index contributed by atoms with van der Waals surface area (Å²) >= 11 is 0. The molecule has 4 aliphatic carbocycles. The molecule has 0 saturated heterocycles. The zero-order valence-corrected chi connectivity index (χ0v) is 18.2. The number of hydrogen-bond donors (Lipinski definition) is 0. The number of rotatable bonds is 1. The van der Waals surface area contributed by atoms with Crippen LogP contribution in [0.3, 0.4) is 0 Å². The van der Waals surface area contributed by atoms with Crippen LogP contribution in [0.5, 0.6) is 0 Å². The molecule has 0 bridgehead atoms. The predicted octanol–water partition coefficient (Wildman–Crippen LogP) is 5.88. The first kappa shape index (κ1) is 19.1. The van der Waals surface area contributed by atoms with Gasteiger partial charge in [-0.1, -0.05) is 45.4 Å². The molecule has 2 saturated carbocycles. The summed E-state index contributed by atoms with van der Waals surface area (Å²) in [6, 6.07) is 2.08. The lowest BCUT2D eigenvalue weighted by molar-refractivity contribution is -0.156. The van der Waals surface area contributed by atoms with Gasteiger partial charge in [0.15, 0.2) is 5.78 Å². The van der Waals surface area contributed by atoms with Gasteiger partial charge in [-0.25, -0.2) is 0 Å². The first-order valence-corrected chi connectivity index (χ1v) is 11.1. The molecule has 1 heterocycles. The molecule has 5 rings (SSSR count). The molecule has 3 nitrogen and oxygen atoms in total. The van der Waals surface area contributed by atoms with E-state index >= 15 is 0 Å². The van der Waals surface area contributed by atoms with E-state index in [1.54, 1.807) is 12.3 Å². The SMILES string of the molecule is CC1(C)C(=O)C=C[C@@]2(C)[C@@H]1CC(=O)[C@@]1(C)C3=CC[C@@H](c4ccoc4)[C@]3(C)CC[C@H]12. The second kappa shape index (κ2) is 5.62. The van der Waals surface area contributed by atoms with Gasteiger partial charge < -0.3 is 4.42 Å². The van der Waals surface area contributed by atoms with Gasteiger partial charge in [-0.3, -0.25) is 9.59 Å². The molecule has 0 spiro atoms. The predicted molar refractivity (Wildman–Crippen MR) is 112 cm³/mol. The molecule has 1 aromatic heterocycles. The Balaban J connectivity index is 1.61. The van der Waals surface area contributed by atoms with Crippen molar-refractivity contribution in [3.63, 3.8) is 0 Å². The third kappa shape index (κ3) is 2.14. The van der Waals surface area contributed by atoms with Crippen molar-refractivity contribution in [3.8, 4) is 0 Å². The summed E-state index contributed by atoms with van der Waals surface area (Å²) in [7, 11) is 0. The second-order valence-electron chi connectivity index (χ2n) is 11.1. The Bertz CT molecular complexity index is 949. The molecular formula is C26H32O3. The normalized spacial score (nSPS) is 45.4. The van der Waals surface area contributed by atoms with E-state index in [1.807, 2.05) is 20.1 Å². The van der Waals surface area contributed by atoms with Gasteiger partial charge in [-0.15, -0.1) is 0 Å². The fourth-order valence-electron chi connectivity index (χ4n) is 7.97. The fourth-order valence-corrected chi connectivity index (χ4v) is 7.97. The van der Waals surface area contributed by atoms with E-state index < -0.39 is 10.8 Å². The molecule has 1 aromatic rings. The molecule has 0 amide bonds. The number of fused-ring (bicyclic) bond motifs is 5. The van der Waals surface area contributed by atoms with E-state index in [-0.39, 0.29) is 28.4 Å². The fraction of sp³-hybridized carbons (Fsp3) is 0.615. The molecule has 4 aliphatic rings. The van der Waals surface area contributed by atoms with Gasteiger partial charge in [0.05, 0.1) is 17.9 Å². The van der Waals surface area contributed by atoms with Gasteiger partial charge in [0.1, 0.15) is 5.78 Å². The van der Waals surface area contributed by atoms with Gasteiger partial charge in [0, 0.05) is 11.8 Å². The topological polar surface area (TPSA) is 47.3 Å². The summed E-state index contributed by atoms with van der Waals surface area (Å²) in [5, 5.41) is 0. The van der Waals surface area contributed by atoms with E-state index in [4.69, 9.17) is 4.42 Å². The van der Waals surface area contributed by atoms with Gasteiger partial charge in [0.25, 0.3) is 0 Å². The van der Waals surface area contributed by atoms with Gasteiger partial charge >= 0.3 is 0 Å². The zero-order chi connectivity index (χ0) is 20.8. The van der Waals surface area contributed by atoms with Gasteiger partial charge in [-0.05, 0) is 72.5 Å². The van der Waals surface area contributed by atoms with E-state index in [0.29, 0.717) is 18.1 Å². The van der Waals surface area contributed by atoms with Crippen molar-refractivity contribution >= 4 is 11.6 Å². The van der Waals surface area contributed by atoms with Crippen LogP contribution in [0.2, 0.25) is 0 Å². The van der Waals surface area contributed by atoms with Crippen LogP contribution in [-0.2, 0) is 9.59 Å². The van der Waals surface area contributed by atoms with Crippen molar-refractivity contribution in [3.05, 3.63) is 48.0 Å². The summed E-state index contributed by atoms with van der Waals surface area (Å²) < 4.78 is 5.39. The van der Waals surface area contributed by atoms with Crippen LogP contribution >= 0.6 is 0 Å². The molecule has 154 valence electrons. The average Bonchev–Trinajstić information content (AvgIpc) is 3.29. The molecule has 0 radical (unpaired) electrons. The van der Waals surface area contributed by atoms with Crippen LogP contribution < -0.4 is 0 Å². The van der Waals surface area contributed by atoms with Crippen molar-refractivity contribution < 1.29 is 14.0 Å². The summed E-state index contributed by atoms with van der Waals surface area (Å²) in [5.41, 5.74) is 1.54. The summed E-state index contributed by atoms with van der Waals surface area (Å²) in [5.74, 6) is 1.21. The van der Waals surface area contributed by atoms with Crippen molar-refractivity contribution in [1.29, 1.82) is 0 Å². The molecule has 0 aromatic carbocycles. The van der Waals surface area contributed by atoms with Crippen molar-refractivity contribution in [1.82, 2.24) is 0 Å². The van der Waals surface area contributed by atoms with Gasteiger partial charge in [-0.2, -0.15) is 0 Å². The van der Waals surface area contributed by atoms with E-state index in [0.717, 1.165) is 19.3 Å². The minimum absolute atomic E-state index is 0.00228. The third-order valence-electron chi connectivity index (χ3n) is 9.67. The maximum Gasteiger partial charge on any atom is 0.161 e. The van der Waals surface area contributed by atoms with E-state index in [2.05, 4.69) is 39.0 Å². The monoisotopic (exact) mass is 392 g/mol. The Morgan fingerprint density at radius 2 is 1.83 bits per heavy atom. The molecule has 29 heavy (non-hydrogen) atoms. The molecule has 0 N–H and O–H groups in total. The summed E-state index contributed by atoms with van der Waals surface area (Å²) in [6.07, 6.45) is 13.5. The summed E-state index contributed by atoms with van der Waals surface area (Å²) in [6.45, 7) is 10.9. The Morgan fingerprint density at radius 3 is 2.52 bits per heavy atom. The quantitative estimate of drug-likeness (QED) is 0.561. The second-order valence-corrected chi connectivity index (χ2v) is 11.1. The minimum atomic E-state index is -0.482. The molecule has 0 aliphatic heterocycles. The van der Waals surface area contributed by atoms with Crippen LogP contribution in [0.1, 0.15) is 71.8 Å². The largest absolute Gasteiger partial charge is 0.472 e. The van der Waals surface area contributed by atoms with Crippen molar-refractivity contribution in [2.75, 3.05) is 0 Å². The Hall–Kier alpha value is -1.90. The number of carbonyl (C=O) groups is 2. The molecule has 3 heteroatoms. The summed E-state index contributed by atoms with van der Waals surface area (Å²) in [4.78, 5) is 26.5. The van der Waals surface area contributed by atoms with Crippen LogP contribution in [0, 0.1) is 33.5 Å². The smallest absolute Gasteiger partial charge is 0.161 e. The highest BCUT2D eigenvalue weighted by Crippen LogP contribution is 2.71. The minimum Gasteiger partial charge on any atom is -0.472 e. The molecule has 6 atom stereocenters. The van der Waals surface area contributed by atoms with Crippen LogP contribution in [0.15, 0.2) is 46.8 Å². The lowest BCUT2D eigenvalue weighted by Crippen LogP contribution is -2.62. The maximum atomic E-state index is 13.8. The maximum absolute atomic E-state index is 13.8. The number of ketones is 2. The number of Topliss-reactive ketones (excluding diaryl/α,β-unsaturated/α-hetero) is 1. The van der Waals surface area contributed by atoms with E-state index in [1.165, 1.54) is 11.1 Å². The van der Waals surface area contributed by atoms with Crippen LogP contribution in [0.4, 0.5) is 0 Å². The lowest BCUT2D eigenvalue weighted by atomic mass is 9.39. The molecule has 2 fully saturated rings. The Labute approximate surface area is 173 Å². The van der Waals surface area contributed by atoms with Gasteiger partial charge in [0.2, 0.25) is 0 Å². The number of hydrogen-bond acceptors (Lipinski definition) is 3. The van der Waals surface area contributed by atoms with Crippen molar-refractivity contribution in [2.24, 2.45) is 33.5 Å². The molecule has 0 unspecified atom stereocenters. The lowest BCUT2D eigenvalue weighted by Gasteiger charge is -2.63. The average molecular weight is 393 g/mol. The standard InChI is InChI=1S/C26H32O3/c1-23(2)20-14-22(28)26(5)18-7-6-17(16-10-13-29-15-16)24(18,3)11-8-19(26)25(20,4)12-9-21(23)27/h7,9-10,12-13,15,17,19-20H,6,8,11,14H2,1-5H3/t17-,19-,20+,24-,25+,26-/m0/s1. The third-order valence-corrected chi connectivity index (χ3v) is 9.67. The first-order chi connectivity index (χ1) is 13.6. The Kier molecular flexibility index (Phi) is 3.70. The zero-order valence-electron chi connectivity index (χ0n) is 18.2. The first-order valence-electron chi connectivity index (χ1n) is 11.1. The number of allylic oxidation sites excluding steroid dienone is 4. The van der Waals surface area contributed by atoms with Crippen LogP contribution in [0.25, 0.3) is 0 Å². The van der Waals surface area contributed by atoms with Crippen LogP contribution in [-0.4, -0.2) is 11.6 Å². The highest BCUT2D eigenvalue weighted by molar-refractivity contribution is 5.98. The number of furan rings is 1. The van der Waals surface area contributed by atoms with E-state index in [9.17, 15) is 9.59 Å².